The molecular formula is C12H18ClN3O2. The van der Waals surface area contributed by atoms with Crippen LogP contribution in [0.1, 0.15) is 30.0 Å². The zero-order valence-electron chi connectivity index (χ0n) is 11.1. The van der Waals surface area contributed by atoms with Crippen LogP contribution in [0, 0.1) is 6.92 Å². The van der Waals surface area contributed by atoms with Crippen LogP contribution < -0.4 is 4.90 Å². The Hall–Kier alpha value is -1.20. The molecule has 0 atom stereocenters. The summed E-state index contributed by atoms with van der Waals surface area (Å²) in [6.45, 7) is 6.88. The number of carbonyl (C=O) groups excluding carboxylic acids is 1. The molecule has 0 unspecified atom stereocenters. The molecule has 0 saturated heterocycles. The van der Waals surface area contributed by atoms with Crippen LogP contribution in [-0.2, 0) is 4.74 Å². The van der Waals surface area contributed by atoms with Crippen molar-refractivity contribution in [1.29, 1.82) is 0 Å². The summed E-state index contributed by atoms with van der Waals surface area (Å²) in [6, 6.07) is 0. The molecule has 0 aliphatic rings. The third-order valence-electron chi connectivity index (χ3n) is 2.35. The summed E-state index contributed by atoms with van der Waals surface area (Å²) >= 11 is 5.92. The smallest absolute Gasteiger partial charge is 0.156 e. The van der Waals surface area contributed by atoms with Crippen molar-refractivity contribution in [3.8, 4) is 0 Å². The fourth-order valence-corrected chi connectivity index (χ4v) is 1.71. The van der Waals surface area contributed by atoms with Crippen LogP contribution in [0.2, 0.25) is 5.15 Å². The Morgan fingerprint density at radius 3 is 2.67 bits per heavy atom. The average molecular weight is 272 g/mol. The molecular weight excluding hydrogens is 254 g/mol. The van der Waals surface area contributed by atoms with E-state index in [2.05, 4.69) is 9.97 Å². The van der Waals surface area contributed by atoms with Crippen molar-refractivity contribution in [2.75, 3.05) is 25.1 Å². The molecule has 100 valence electrons. The molecule has 5 nitrogen and oxygen atoms in total. The van der Waals surface area contributed by atoms with Gasteiger partial charge in [-0.15, -0.1) is 0 Å². The minimum Gasteiger partial charge on any atom is -0.377 e. The number of halogens is 1. The van der Waals surface area contributed by atoms with E-state index in [0.717, 1.165) is 0 Å². The topological polar surface area (TPSA) is 55.3 Å². The second-order valence-corrected chi connectivity index (χ2v) is 4.62. The normalized spacial score (nSPS) is 10.8. The number of aryl methyl sites for hydroxylation is 1. The Morgan fingerprint density at radius 1 is 1.44 bits per heavy atom. The largest absolute Gasteiger partial charge is 0.377 e. The number of anilines is 1. The summed E-state index contributed by atoms with van der Waals surface area (Å²) in [5, 5.41) is 0.184. The Labute approximate surface area is 112 Å². The molecule has 1 heterocycles. The van der Waals surface area contributed by atoms with Crippen molar-refractivity contribution in [1.82, 2.24) is 9.97 Å². The highest BCUT2D eigenvalue weighted by Crippen LogP contribution is 2.21. The molecule has 0 aromatic carbocycles. The minimum atomic E-state index is 0.180. The summed E-state index contributed by atoms with van der Waals surface area (Å²) in [5.74, 6) is 1.08. The summed E-state index contributed by atoms with van der Waals surface area (Å²) in [6.07, 6.45) is 0.858. The predicted octanol–water partition coefficient (Wildman–Crippen LogP) is 2.11. The van der Waals surface area contributed by atoms with Crippen molar-refractivity contribution in [3.63, 3.8) is 0 Å². The highest BCUT2D eigenvalue weighted by atomic mass is 35.5. The zero-order chi connectivity index (χ0) is 13.7. The molecule has 1 rings (SSSR count). The fourth-order valence-electron chi connectivity index (χ4n) is 1.46. The van der Waals surface area contributed by atoms with Gasteiger partial charge in [-0.2, -0.15) is 0 Å². The van der Waals surface area contributed by atoms with E-state index in [9.17, 15) is 4.79 Å². The first-order valence-electron chi connectivity index (χ1n) is 5.77. The third kappa shape index (κ3) is 3.92. The molecule has 0 bridgehead atoms. The molecule has 0 N–H and O–H groups in total. The third-order valence-corrected chi connectivity index (χ3v) is 2.64. The fraction of sp³-hybridized carbons (Fsp3) is 0.583. The van der Waals surface area contributed by atoms with E-state index in [1.807, 2.05) is 25.8 Å². The van der Waals surface area contributed by atoms with Crippen LogP contribution in [0.15, 0.2) is 0 Å². The molecule has 18 heavy (non-hydrogen) atoms. The second-order valence-electron chi connectivity index (χ2n) is 4.26. The van der Waals surface area contributed by atoms with E-state index in [4.69, 9.17) is 16.3 Å². The van der Waals surface area contributed by atoms with Gasteiger partial charge in [0.1, 0.15) is 16.8 Å². The Bertz CT molecular complexity index is 424. The molecule has 6 heteroatoms. The number of hydrogen-bond donors (Lipinski definition) is 0. The molecule has 0 aliphatic carbocycles. The monoisotopic (exact) mass is 271 g/mol. The molecule has 0 aliphatic heterocycles. The first-order valence-corrected chi connectivity index (χ1v) is 6.15. The lowest BCUT2D eigenvalue weighted by Gasteiger charge is -2.20. The van der Waals surface area contributed by atoms with Crippen LogP contribution in [0.3, 0.4) is 0 Å². The lowest BCUT2D eigenvalue weighted by molar-refractivity contribution is 0.0844. The van der Waals surface area contributed by atoms with Gasteiger partial charge in [0.2, 0.25) is 0 Å². The first-order chi connectivity index (χ1) is 8.45. The number of nitrogens with zero attached hydrogens (tertiary/aromatic N) is 3. The molecule has 0 amide bonds. The molecule has 0 spiro atoms. The number of rotatable bonds is 6. The van der Waals surface area contributed by atoms with Gasteiger partial charge in [0, 0.05) is 13.6 Å². The van der Waals surface area contributed by atoms with Gasteiger partial charge in [-0.3, -0.25) is 4.79 Å². The molecule has 1 aromatic heterocycles. The summed E-state index contributed by atoms with van der Waals surface area (Å²) in [5.41, 5.74) is 0.314. The van der Waals surface area contributed by atoms with Crippen molar-refractivity contribution in [3.05, 3.63) is 16.5 Å². The van der Waals surface area contributed by atoms with Gasteiger partial charge in [0.05, 0.1) is 18.3 Å². The van der Waals surface area contributed by atoms with E-state index < -0.39 is 0 Å². The highest BCUT2D eigenvalue weighted by molar-refractivity contribution is 6.32. The van der Waals surface area contributed by atoms with Crippen molar-refractivity contribution in [2.24, 2.45) is 0 Å². The van der Waals surface area contributed by atoms with Crippen LogP contribution >= 0.6 is 11.6 Å². The number of ether oxygens (including phenoxy) is 1. The number of likely N-dealkylation sites (N-methyl/N-ethyl adjacent to an activating group) is 1. The van der Waals surface area contributed by atoms with Crippen LogP contribution in [0.5, 0.6) is 0 Å². The maximum Gasteiger partial charge on any atom is 0.156 e. The van der Waals surface area contributed by atoms with Crippen molar-refractivity contribution < 1.29 is 9.53 Å². The summed E-state index contributed by atoms with van der Waals surface area (Å²) in [4.78, 5) is 21.1. The highest BCUT2D eigenvalue weighted by Gasteiger charge is 2.14. The van der Waals surface area contributed by atoms with Crippen LogP contribution in [0.25, 0.3) is 0 Å². The molecule has 0 radical (unpaired) electrons. The molecule has 0 saturated carbocycles. The van der Waals surface area contributed by atoms with Gasteiger partial charge in [0.15, 0.2) is 6.29 Å². The van der Waals surface area contributed by atoms with E-state index in [1.165, 1.54) is 0 Å². The van der Waals surface area contributed by atoms with Gasteiger partial charge in [-0.1, -0.05) is 11.6 Å². The van der Waals surface area contributed by atoms with Gasteiger partial charge in [0.25, 0.3) is 0 Å². The Kier molecular flexibility index (Phi) is 5.50. The zero-order valence-corrected chi connectivity index (χ0v) is 11.9. The summed E-state index contributed by atoms with van der Waals surface area (Å²) in [7, 11) is 1.84. The van der Waals surface area contributed by atoms with Gasteiger partial charge < -0.3 is 9.64 Å². The Balaban J connectivity index is 2.84. The predicted molar refractivity (Wildman–Crippen MR) is 71.5 cm³/mol. The quantitative estimate of drug-likeness (QED) is 0.586. The number of hydrogen-bond acceptors (Lipinski definition) is 5. The lowest BCUT2D eigenvalue weighted by atomic mass is 10.3. The molecule has 1 aromatic rings. The first kappa shape index (κ1) is 14.9. The van der Waals surface area contributed by atoms with E-state index in [-0.39, 0.29) is 11.3 Å². The van der Waals surface area contributed by atoms with Crippen LogP contribution in [-0.4, -0.2) is 42.6 Å². The van der Waals surface area contributed by atoms with Crippen molar-refractivity contribution in [2.45, 2.75) is 26.9 Å². The lowest BCUT2D eigenvalue weighted by Crippen LogP contribution is -2.26. The number of carbonyl (C=O) groups is 1. The maximum atomic E-state index is 11.0. The van der Waals surface area contributed by atoms with Crippen LogP contribution in [0.4, 0.5) is 5.82 Å². The SMILES string of the molecule is Cc1nc(Cl)c(C=O)c(N(C)CCOC(C)C)n1. The van der Waals surface area contributed by atoms with Crippen molar-refractivity contribution >= 4 is 23.7 Å². The van der Waals surface area contributed by atoms with Gasteiger partial charge in [-0.05, 0) is 20.8 Å². The maximum absolute atomic E-state index is 11.0. The number of aromatic nitrogens is 2. The van der Waals surface area contributed by atoms with E-state index in [0.29, 0.717) is 36.6 Å². The van der Waals surface area contributed by atoms with Gasteiger partial charge >= 0.3 is 0 Å². The van der Waals surface area contributed by atoms with Gasteiger partial charge in [-0.25, -0.2) is 9.97 Å². The standard InChI is InChI=1S/C12H18ClN3O2/c1-8(2)18-6-5-16(4)12-10(7-17)11(13)14-9(3)15-12/h7-8H,5-6H2,1-4H3. The second kappa shape index (κ2) is 6.66. The number of aldehydes is 1. The minimum absolute atomic E-state index is 0.180. The van der Waals surface area contributed by atoms with E-state index >= 15 is 0 Å². The molecule has 0 fully saturated rings. The van der Waals surface area contributed by atoms with E-state index in [1.54, 1.807) is 6.92 Å². The summed E-state index contributed by atoms with van der Waals surface area (Å²) < 4.78 is 5.46. The average Bonchev–Trinajstić information content (AvgIpc) is 2.27. The Morgan fingerprint density at radius 2 is 2.11 bits per heavy atom.